The van der Waals surface area contributed by atoms with Crippen LogP contribution in [0.25, 0.3) is 0 Å². The monoisotopic (exact) mass is 279 g/mol. The predicted octanol–water partition coefficient (Wildman–Crippen LogP) is 4.43. The van der Waals surface area contributed by atoms with Crippen LogP contribution in [0.2, 0.25) is 0 Å². The molecule has 0 N–H and O–H groups in total. The lowest BCUT2D eigenvalue weighted by atomic mass is 9.72. The molecule has 2 aliphatic rings. The Morgan fingerprint density at radius 1 is 1.05 bits per heavy atom. The van der Waals surface area contributed by atoms with Crippen molar-refractivity contribution in [2.45, 2.75) is 84.1 Å². The summed E-state index contributed by atoms with van der Waals surface area (Å²) in [6, 6.07) is 0. The van der Waals surface area contributed by atoms with E-state index in [4.69, 9.17) is 0 Å². The normalized spacial score (nSPS) is 29.8. The highest BCUT2D eigenvalue weighted by molar-refractivity contribution is 5.91. The summed E-state index contributed by atoms with van der Waals surface area (Å²) in [4.78, 5) is 15.8. The third-order valence-corrected chi connectivity index (χ3v) is 5.99. The van der Waals surface area contributed by atoms with E-state index in [-0.39, 0.29) is 5.54 Å². The summed E-state index contributed by atoms with van der Waals surface area (Å²) in [7, 11) is 0. The standard InChI is InChI=1S/C18H33NO/c1-4-15-10-9-11-16(14-15)17(20)18(12-7-8-13-18)19(5-2)6-3/h15-16H,4-14H2,1-3H3. The molecule has 2 heteroatoms. The van der Waals surface area contributed by atoms with Crippen molar-refractivity contribution in [3.8, 4) is 0 Å². The molecule has 2 nitrogen and oxygen atoms in total. The van der Waals surface area contributed by atoms with Gasteiger partial charge in [-0.1, -0.05) is 52.9 Å². The Balaban J connectivity index is 2.14. The first-order valence-electron chi connectivity index (χ1n) is 8.97. The lowest BCUT2D eigenvalue weighted by molar-refractivity contribution is -0.136. The molecule has 2 fully saturated rings. The Hall–Kier alpha value is -0.370. The summed E-state index contributed by atoms with van der Waals surface area (Å²) in [6.45, 7) is 8.75. The molecule has 2 unspecified atom stereocenters. The van der Waals surface area contributed by atoms with Gasteiger partial charge in [0.2, 0.25) is 0 Å². The van der Waals surface area contributed by atoms with Crippen molar-refractivity contribution in [2.75, 3.05) is 13.1 Å². The Kier molecular flexibility index (Phi) is 5.65. The van der Waals surface area contributed by atoms with Gasteiger partial charge in [-0.2, -0.15) is 0 Å². The fourth-order valence-electron chi connectivity index (χ4n) is 4.79. The highest BCUT2D eigenvalue weighted by atomic mass is 16.1. The number of carbonyl (C=O) groups excluding carboxylic acids is 1. The second-order valence-corrected chi connectivity index (χ2v) is 6.91. The van der Waals surface area contributed by atoms with Gasteiger partial charge in [0.05, 0.1) is 5.54 Å². The van der Waals surface area contributed by atoms with E-state index in [0.717, 1.165) is 38.3 Å². The van der Waals surface area contributed by atoms with Crippen LogP contribution in [0.3, 0.4) is 0 Å². The van der Waals surface area contributed by atoms with Crippen molar-refractivity contribution in [1.82, 2.24) is 4.90 Å². The highest BCUT2D eigenvalue weighted by Gasteiger charge is 2.47. The molecule has 0 spiro atoms. The molecule has 0 bridgehead atoms. The van der Waals surface area contributed by atoms with Gasteiger partial charge in [0.25, 0.3) is 0 Å². The van der Waals surface area contributed by atoms with E-state index in [1.165, 1.54) is 38.5 Å². The van der Waals surface area contributed by atoms with Crippen molar-refractivity contribution < 1.29 is 4.79 Å². The van der Waals surface area contributed by atoms with E-state index >= 15 is 0 Å². The average molecular weight is 279 g/mol. The summed E-state index contributed by atoms with van der Waals surface area (Å²) < 4.78 is 0. The van der Waals surface area contributed by atoms with Crippen LogP contribution in [0.4, 0.5) is 0 Å². The number of hydrogen-bond donors (Lipinski definition) is 0. The maximum Gasteiger partial charge on any atom is 0.156 e. The maximum absolute atomic E-state index is 13.3. The molecule has 0 aromatic rings. The largest absolute Gasteiger partial charge is 0.297 e. The molecule has 2 rings (SSSR count). The lowest BCUT2D eigenvalue weighted by Crippen LogP contribution is -2.55. The van der Waals surface area contributed by atoms with Gasteiger partial charge in [0.1, 0.15) is 0 Å². The minimum atomic E-state index is -0.0935. The van der Waals surface area contributed by atoms with E-state index in [9.17, 15) is 4.79 Å². The van der Waals surface area contributed by atoms with E-state index < -0.39 is 0 Å². The van der Waals surface area contributed by atoms with Crippen LogP contribution in [-0.2, 0) is 4.79 Å². The maximum atomic E-state index is 13.3. The molecule has 20 heavy (non-hydrogen) atoms. The zero-order chi connectivity index (χ0) is 14.6. The third-order valence-electron chi connectivity index (χ3n) is 5.99. The molecule has 0 radical (unpaired) electrons. The van der Waals surface area contributed by atoms with Gasteiger partial charge in [-0.25, -0.2) is 0 Å². The SMILES string of the molecule is CCC1CCCC(C(=O)C2(N(CC)CC)CCCC2)C1. The first-order chi connectivity index (χ1) is 9.67. The molecule has 2 atom stereocenters. The molecule has 0 saturated heterocycles. The van der Waals surface area contributed by atoms with Crippen LogP contribution in [-0.4, -0.2) is 29.3 Å². The summed E-state index contributed by atoms with van der Waals surface area (Å²) in [5.74, 6) is 1.76. The molecular weight excluding hydrogens is 246 g/mol. The minimum Gasteiger partial charge on any atom is -0.297 e. The summed E-state index contributed by atoms with van der Waals surface area (Å²) >= 11 is 0. The number of hydrogen-bond acceptors (Lipinski definition) is 2. The number of ketones is 1. The molecule has 2 saturated carbocycles. The molecule has 0 aromatic carbocycles. The van der Waals surface area contributed by atoms with Crippen molar-refractivity contribution in [3.63, 3.8) is 0 Å². The average Bonchev–Trinajstić information content (AvgIpc) is 2.98. The van der Waals surface area contributed by atoms with Crippen LogP contribution in [0.5, 0.6) is 0 Å². The molecule has 0 aromatic heterocycles. The third kappa shape index (κ3) is 2.95. The fourth-order valence-corrected chi connectivity index (χ4v) is 4.79. The van der Waals surface area contributed by atoms with Gasteiger partial charge in [0, 0.05) is 5.92 Å². The molecule has 0 amide bonds. The van der Waals surface area contributed by atoms with Crippen molar-refractivity contribution in [2.24, 2.45) is 11.8 Å². The number of rotatable bonds is 6. The Morgan fingerprint density at radius 3 is 2.25 bits per heavy atom. The van der Waals surface area contributed by atoms with Crippen LogP contribution < -0.4 is 0 Å². The second-order valence-electron chi connectivity index (χ2n) is 6.91. The van der Waals surface area contributed by atoms with Gasteiger partial charge in [0.15, 0.2) is 5.78 Å². The number of likely N-dealkylation sites (N-methyl/N-ethyl adjacent to an activating group) is 1. The molecule has 0 heterocycles. The van der Waals surface area contributed by atoms with Crippen LogP contribution in [0.15, 0.2) is 0 Å². The number of nitrogens with zero attached hydrogens (tertiary/aromatic N) is 1. The van der Waals surface area contributed by atoms with Gasteiger partial charge in [-0.3, -0.25) is 9.69 Å². The van der Waals surface area contributed by atoms with E-state index in [1.807, 2.05) is 0 Å². The van der Waals surface area contributed by atoms with E-state index in [1.54, 1.807) is 0 Å². The van der Waals surface area contributed by atoms with Crippen LogP contribution >= 0.6 is 0 Å². The topological polar surface area (TPSA) is 20.3 Å². The number of carbonyl (C=O) groups is 1. The highest BCUT2D eigenvalue weighted by Crippen LogP contribution is 2.42. The van der Waals surface area contributed by atoms with Gasteiger partial charge >= 0.3 is 0 Å². The van der Waals surface area contributed by atoms with Gasteiger partial charge in [-0.05, 0) is 44.7 Å². The Bertz CT molecular complexity index is 315. The van der Waals surface area contributed by atoms with Gasteiger partial charge < -0.3 is 0 Å². The number of Topliss-reactive ketones (excluding diaryl/α,β-unsaturated/α-hetero) is 1. The fraction of sp³-hybridized carbons (Fsp3) is 0.944. The second kappa shape index (κ2) is 7.06. The zero-order valence-corrected chi connectivity index (χ0v) is 13.8. The molecule has 2 aliphatic carbocycles. The van der Waals surface area contributed by atoms with Crippen molar-refractivity contribution >= 4 is 5.78 Å². The minimum absolute atomic E-state index is 0.0935. The van der Waals surface area contributed by atoms with Crippen molar-refractivity contribution in [3.05, 3.63) is 0 Å². The molecular formula is C18H33NO. The Labute approximate surface area is 125 Å². The first-order valence-corrected chi connectivity index (χ1v) is 8.97. The summed E-state index contributed by atoms with van der Waals surface area (Å²) in [6.07, 6.45) is 10.9. The molecule has 116 valence electrons. The van der Waals surface area contributed by atoms with Gasteiger partial charge in [-0.15, -0.1) is 0 Å². The zero-order valence-electron chi connectivity index (χ0n) is 13.8. The van der Waals surface area contributed by atoms with Crippen LogP contribution in [0, 0.1) is 11.8 Å². The quantitative estimate of drug-likeness (QED) is 0.717. The summed E-state index contributed by atoms with van der Waals surface area (Å²) in [5.41, 5.74) is -0.0935. The first kappa shape index (κ1) is 16.0. The molecule has 0 aliphatic heterocycles. The van der Waals surface area contributed by atoms with Crippen molar-refractivity contribution in [1.29, 1.82) is 0 Å². The predicted molar refractivity (Wildman–Crippen MR) is 84.9 cm³/mol. The Morgan fingerprint density at radius 2 is 1.70 bits per heavy atom. The smallest absolute Gasteiger partial charge is 0.156 e. The van der Waals surface area contributed by atoms with E-state index in [2.05, 4.69) is 25.7 Å². The van der Waals surface area contributed by atoms with Crippen LogP contribution in [0.1, 0.15) is 78.6 Å². The summed E-state index contributed by atoms with van der Waals surface area (Å²) in [5, 5.41) is 0. The van der Waals surface area contributed by atoms with E-state index in [0.29, 0.717) is 11.7 Å². The lowest BCUT2D eigenvalue weighted by Gasteiger charge is -2.42.